The van der Waals surface area contributed by atoms with E-state index >= 15 is 0 Å². The first kappa shape index (κ1) is 17.8. The monoisotopic (exact) mass is 420 g/mol. The van der Waals surface area contributed by atoms with Crippen LogP contribution in [-0.4, -0.2) is 32.2 Å². The predicted molar refractivity (Wildman–Crippen MR) is 98.3 cm³/mol. The van der Waals surface area contributed by atoms with Gasteiger partial charge >= 0.3 is 158 Å². The van der Waals surface area contributed by atoms with Crippen molar-refractivity contribution in [1.82, 2.24) is 0 Å². The Hall–Kier alpha value is -1.58. The Bertz CT molecular complexity index is 801. The van der Waals surface area contributed by atoms with Crippen LogP contribution in [0.4, 0.5) is 0 Å². The average Bonchev–Trinajstić information content (AvgIpc) is 3.08. The van der Waals surface area contributed by atoms with Crippen molar-refractivity contribution in [2.45, 2.75) is 32.0 Å². The molecule has 5 heteroatoms. The first-order valence-corrected chi connectivity index (χ1v) is 12.0. The molecule has 4 nitrogen and oxygen atoms in total. The SMILES string of the molecule is C[C@H]1C=CC[C@@H]2C[C@]3(C(=O)OCC3C[Se](=O)c3ccccc3)C(=O)[C@@]21C. The van der Waals surface area contributed by atoms with Crippen LogP contribution in [0.5, 0.6) is 0 Å². The molecule has 1 saturated carbocycles. The van der Waals surface area contributed by atoms with E-state index in [1.165, 1.54) is 0 Å². The van der Waals surface area contributed by atoms with Gasteiger partial charge in [0.05, 0.1) is 0 Å². The number of carbonyl (C=O) groups excluding carboxylic acids is 2. The van der Waals surface area contributed by atoms with E-state index in [9.17, 15) is 13.4 Å². The number of hydrogen-bond acceptors (Lipinski definition) is 4. The number of ketones is 1. The number of fused-ring (bicyclic) bond motifs is 1. The minimum absolute atomic E-state index is 0.0196. The second-order valence-corrected chi connectivity index (χ2v) is 11.2. The van der Waals surface area contributed by atoms with E-state index in [-0.39, 0.29) is 36.1 Å². The summed E-state index contributed by atoms with van der Waals surface area (Å²) in [5, 5.41) is 0.381. The van der Waals surface area contributed by atoms with Crippen molar-refractivity contribution >= 4 is 30.0 Å². The number of Topliss-reactive ketones (excluding diaryl/α,β-unsaturated/α-hetero) is 1. The second-order valence-electron chi connectivity index (χ2n) is 8.06. The van der Waals surface area contributed by atoms with Crippen LogP contribution in [0.3, 0.4) is 0 Å². The van der Waals surface area contributed by atoms with E-state index in [4.69, 9.17) is 4.74 Å². The Balaban J connectivity index is 1.67. The molecule has 6 atom stereocenters. The Morgan fingerprint density at radius 1 is 1.23 bits per heavy atom. The van der Waals surface area contributed by atoms with Gasteiger partial charge in [-0.15, -0.1) is 0 Å². The molecule has 1 aliphatic heterocycles. The van der Waals surface area contributed by atoms with E-state index in [1.807, 2.05) is 37.3 Å². The van der Waals surface area contributed by atoms with Gasteiger partial charge in [0.1, 0.15) is 0 Å². The summed E-state index contributed by atoms with van der Waals surface area (Å²) in [6.07, 6.45) is 5.59. The van der Waals surface area contributed by atoms with Gasteiger partial charge in [0.15, 0.2) is 0 Å². The topological polar surface area (TPSA) is 60.4 Å². The van der Waals surface area contributed by atoms with E-state index in [0.29, 0.717) is 11.7 Å². The Morgan fingerprint density at radius 3 is 2.65 bits per heavy atom. The third-order valence-electron chi connectivity index (χ3n) is 6.94. The molecule has 1 saturated heterocycles. The molecule has 2 fully saturated rings. The summed E-state index contributed by atoms with van der Waals surface area (Å²) >= 11 is -2.33. The molecule has 0 N–H and O–H groups in total. The summed E-state index contributed by atoms with van der Waals surface area (Å²) in [5.74, 6) is -0.381. The molecule has 4 rings (SSSR count). The van der Waals surface area contributed by atoms with E-state index in [0.717, 1.165) is 10.9 Å². The van der Waals surface area contributed by atoms with Gasteiger partial charge in [-0.2, -0.15) is 0 Å². The maximum atomic E-state index is 13.6. The molecule has 1 heterocycles. The maximum absolute atomic E-state index is 13.6. The third-order valence-corrected chi connectivity index (χ3v) is 10.1. The minimum atomic E-state index is -2.33. The molecule has 2 unspecified atom stereocenters. The number of carbonyl (C=O) groups is 2. The van der Waals surface area contributed by atoms with Gasteiger partial charge in [0, 0.05) is 0 Å². The molecule has 0 radical (unpaired) electrons. The summed E-state index contributed by atoms with van der Waals surface area (Å²) in [6.45, 7) is 4.28. The quantitative estimate of drug-likeness (QED) is 0.327. The molecule has 0 bridgehead atoms. The van der Waals surface area contributed by atoms with Gasteiger partial charge < -0.3 is 0 Å². The van der Waals surface area contributed by atoms with Crippen LogP contribution < -0.4 is 4.46 Å². The summed E-state index contributed by atoms with van der Waals surface area (Å²) in [5.41, 5.74) is -1.62. The number of cyclic esters (lactones) is 1. The number of hydrogen-bond donors (Lipinski definition) is 0. The fraction of sp³-hybridized carbons (Fsp3) is 0.524. The number of rotatable bonds is 3. The van der Waals surface area contributed by atoms with Crippen molar-refractivity contribution in [3.63, 3.8) is 0 Å². The molecule has 2 aliphatic carbocycles. The number of esters is 1. The zero-order valence-corrected chi connectivity index (χ0v) is 16.9. The fourth-order valence-electron chi connectivity index (χ4n) is 5.10. The molecular formula is C21H24O4Se. The van der Waals surface area contributed by atoms with Gasteiger partial charge in [-0.3, -0.25) is 0 Å². The standard InChI is InChI=1S/C21H24O4Se/c1-14-7-6-8-15-11-21(18(22)20(14,15)2)16(12-25-19(21)23)13-26(24)17-9-4-3-5-10-17/h3-7,9-10,14-16H,8,11-13H2,1-2H3/t14-,15+,16?,20+,21+,26?/m0/s1. The zero-order chi connectivity index (χ0) is 18.5. The third kappa shape index (κ3) is 2.33. The molecule has 1 aromatic carbocycles. The summed E-state index contributed by atoms with van der Waals surface area (Å²) in [7, 11) is 0. The summed E-state index contributed by atoms with van der Waals surface area (Å²) in [4.78, 5) is 26.4. The Kier molecular flexibility index (Phi) is 4.28. The second kappa shape index (κ2) is 6.24. The van der Waals surface area contributed by atoms with Crippen LogP contribution >= 0.6 is 0 Å². The Morgan fingerprint density at radius 2 is 1.96 bits per heavy atom. The molecular weight excluding hydrogens is 395 g/mol. The van der Waals surface area contributed by atoms with Crippen molar-refractivity contribution in [1.29, 1.82) is 0 Å². The molecule has 1 aromatic rings. The molecule has 1 spiro atoms. The van der Waals surface area contributed by atoms with Gasteiger partial charge in [0.25, 0.3) is 0 Å². The van der Waals surface area contributed by atoms with E-state index < -0.39 is 24.7 Å². The van der Waals surface area contributed by atoms with Crippen molar-refractivity contribution in [2.24, 2.45) is 28.6 Å². The van der Waals surface area contributed by atoms with Crippen molar-refractivity contribution in [2.75, 3.05) is 6.61 Å². The van der Waals surface area contributed by atoms with Crippen molar-refractivity contribution in [3.05, 3.63) is 42.5 Å². The van der Waals surface area contributed by atoms with Crippen molar-refractivity contribution in [3.8, 4) is 0 Å². The van der Waals surface area contributed by atoms with E-state index in [2.05, 4.69) is 19.1 Å². The average molecular weight is 419 g/mol. The number of ether oxygens (including phenoxy) is 1. The molecule has 138 valence electrons. The first-order valence-electron chi connectivity index (χ1n) is 9.23. The molecule has 3 aliphatic rings. The van der Waals surface area contributed by atoms with Crippen LogP contribution in [0.25, 0.3) is 0 Å². The fourth-order valence-corrected chi connectivity index (χ4v) is 8.03. The van der Waals surface area contributed by atoms with Gasteiger partial charge in [-0.05, 0) is 0 Å². The number of allylic oxidation sites excluding steroid dienone is 2. The van der Waals surface area contributed by atoms with Crippen LogP contribution in [0, 0.1) is 28.6 Å². The normalized spacial score (nSPS) is 39.8. The predicted octanol–water partition coefficient (Wildman–Crippen LogP) is 2.67. The van der Waals surface area contributed by atoms with Gasteiger partial charge in [-0.25, -0.2) is 0 Å². The first-order chi connectivity index (χ1) is 12.4. The van der Waals surface area contributed by atoms with Gasteiger partial charge in [-0.1, -0.05) is 0 Å². The van der Waals surface area contributed by atoms with Crippen LogP contribution in [0.1, 0.15) is 26.7 Å². The molecule has 26 heavy (non-hydrogen) atoms. The van der Waals surface area contributed by atoms with Crippen LogP contribution in [-0.2, 0) is 18.2 Å². The van der Waals surface area contributed by atoms with Crippen molar-refractivity contribution < 1.29 is 18.2 Å². The summed E-state index contributed by atoms with van der Waals surface area (Å²) < 4.78 is 19.2. The van der Waals surface area contributed by atoms with E-state index in [1.54, 1.807) is 0 Å². The van der Waals surface area contributed by atoms with Crippen LogP contribution in [0.15, 0.2) is 42.5 Å². The Labute approximate surface area is 158 Å². The molecule has 0 amide bonds. The van der Waals surface area contributed by atoms with Gasteiger partial charge in [0.2, 0.25) is 0 Å². The molecule has 0 aromatic heterocycles. The number of benzene rings is 1. The summed E-state index contributed by atoms with van der Waals surface area (Å²) in [6, 6.07) is 9.38. The van der Waals surface area contributed by atoms with Crippen LogP contribution in [0.2, 0.25) is 5.32 Å². The zero-order valence-electron chi connectivity index (χ0n) is 15.1.